The summed E-state index contributed by atoms with van der Waals surface area (Å²) < 4.78 is 0. The lowest BCUT2D eigenvalue weighted by molar-refractivity contribution is 0.0375. The lowest BCUT2D eigenvalue weighted by atomic mass is 9.75. The van der Waals surface area contributed by atoms with Gasteiger partial charge in [-0.1, -0.05) is 0 Å². The molecule has 2 aliphatic rings. The number of aliphatic hydroxyl groups is 3. The van der Waals surface area contributed by atoms with Crippen LogP contribution in [0.15, 0.2) is 0 Å². The van der Waals surface area contributed by atoms with Gasteiger partial charge in [0, 0.05) is 19.8 Å². The van der Waals surface area contributed by atoms with Crippen LogP contribution >= 0.6 is 0 Å². The second-order valence-electron chi connectivity index (χ2n) is 4.53. The molecule has 76 valence electrons. The molecular formula is C10H18O3. The van der Waals surface area contributed by atoms with Gasteiger partial charge in [-0.3, -0.25) is 0 Å². The molecule has 13 heavy (non-hydrogen) atoms. The van der Waals surface area contributed by atoms with Crippen molar-refractivity contribution in [2.75, 3.05) is 19.8 Å². The van der Waals surface area contributed by atoms with Crippen molar-refractivity contribution in [1.29, 1.82) is 0 Å². The highest BCUT2D eigenvalue weighted by Gasteiger charge is 2.51. The van der Waals surface area contributed by atoms with Gasteiger partial charge < -0.3 is 15.3 Å². The van der Waals surface area contributed by atoms with Gasteiger partial charge >= 0.3 is 0 Å². The van der Waals surface area contributed by atoms with Gasteiger partial charge in [0.25, 0.3) is 0 Å². The van der Waals surface area contributed by atoms with Gasteiger partial charge in [0.05, 0.1) is 0 Å². The molecule has 0 heterocycles. The Labute approximate surface area is 78.4 Å². The molecule has 3 heteroatoms. The second-order valence-corrected chi connectivity index (χ2v) is 4.53. The molecule has 0 aromatic heterocycles. The maximum Gasteiger partial charge on any atom is 0.0465 e. The Kier molecular flexibility index (Phi) is 2.58. The first-order valence-corrected chi connectivity index (χ1v) is 5.14. The molecule has 0 aromatic rings. The van der Waals surface area contributed by atoms with Crippen LogP contribution in [0.4, 0.5) is 0 Å². The van der Waals surface area contributed by atoms with E-state index in [-0.39, 0.29) is 31.7 Å². The quantitative estimate of drug-likeness (QED) is 0.574. The molecule has 0 radical (unpaired) electrons. The lowest BCUT2D eigenvalue weighted by Crippen LogP contribution is -2.33. The number of fused-ring (bicyclic) bond motifs is 2. The minimum absolute atomic E-state index is 0.170. The Morgan fingerprint density at radius 1 is 0.846 bits per heavy atom. The van der Waals surface area contributed by atoms with Gasteiger partial charge in [-0.05, 0) is 42.4 Å². The normalized spacial score (nSPS) is 48.7. The molecule has 0 saturated heterocycles. The van der Waals surface area contributed by atoms with Crippen LogP contribution in [0.25, 0.3) is 0 Å². The highest BCUT2D eigenvalue weighted by molar-refractivity contribution is 4.99. The standard InChI is InChI=1S/C10H18O3/c11-3-7-1-6-2-8(7)10(5-13)9(6)4-12/h6-13H,1-5H2. The molecule has 3 nitrogen and oxygen atoms in total. The van der Waals surface area contributed by atoms with Crippen molar-refractivity contribution in [2.24, 2.45) is 29.6 Å². The summed E-state index contributed by atoms with van der Waals surface area (Å²) >= 11 is 0. The minimum Gasteiger partial charge on any atom is -0.396 e. The zero-order valence-electron chi connectivity index (χ0n) is 7.76. The SMILES string of the molecule is OCC1CC2CC1C(CO)C2CO. The van der Waals surface area contributed by atoms with Crippen LogP contribution in [0.2, 0.25) is 0 Å². The van der Waals surface area contributed by atoms with Crippen LogP contribution in [-0.2, 0) is 0 Å². The molecule has 0 aliphatic heterocycles. The van der Waals surface area contributed by atoms with Crippen LogP contribution in [-0.4, -0.2) is 35.1 Å². The smallest absolute Gasteiger partial charge is 0.0465 e. The van der Waals surface area contributed by atoms with E-state index in [4.69, 9.17) is 5.11 Å². The molecular weight excluding hydrogens is 168 g/mol. The fourth-order valence-corrected chi connectivity index (χ4v) is 3.51. The van der Waals surface area contributed by atoms with E-state index in [1.165, 1.54) is 0 Å². The first-order valence-electron chi connectivity index (χ1n) is 5.14. The third-order valence-electron chi connectivity index (χ3n) is 4.15. The Morgan fingerprint density at radius 2 is 1.54 bits per heavy atom. The topological polar surface area (TPSA) is 60.7 Å². The van der Waals surface area contributed by atoms with Crippen molar-refractivity contribution in [3.63, 3.8) is 0 Å². The summed E-state index contributed by atoms with van der Waals surface area (Å²) in [4.78, 5) is 0. The van der Waals surface area contributed by atoms with Gasteiger partial charge in [-0.2, -0.15) is 0 Å². The van der Waals surface area contributed by atoms with Crippen molar-refractivity contribution in [3.8, 4) is 0 Å². The highest BCUT2D eigenvalue weighted by atomic mass is 16.3. The van der Waals surface area contributed by atoms with E-state index in [2.05, 4.69) is 0 Å². The summed E-state index contributed by atoms with van der Waals surface area (Å²) in [7, 11) is 0. The maximum absolute atomic E-state index is 9.21. The van der Waals surface area contributed by atoms with Crippen LogP contribution in [0, 0.1) is 29.6 Å². The van der Waals surface area contributed by atoms with Crippen LogP contribution < -0.4 is 0 Å². The average Bonchev–Trinajstić information content (AvgIpc) is 2.72. The van der Waals surface area contributed by atoms with E-state index in [0.717, 1.165) is 12.8 Å². The van der Waals surface area contributed by atoms with Crippen molar-refractivity contribution in [1.82, 2.24) is 0 Å². The molecule has 2 fully saturated rings. The van der Waals surface area contributed by atoms with Crippen molar-refractivity contribution in [2.45, 2.75) is 12.8 Å². The van der Waals surface area contributed by atoms with Gasteiger partial charge in [0.2, 0.25) is 0 Å². The van der Waals surface area contributed by atoms with Crippen LogP contribution in [0.5, 0.6) is 0 Å². The predicted octanol–water partition coefficient (Wildman–Crippen LogP) is -0.148. The molecule has 2 bridgehead atoms. The van der Waals surface area contributed by atoms with Crippen molar-refractivity contribution < 1.29 is 15.3 Å². The van der Waals surface area contributed by atoms with E-state index in [1.807, 2.05) is 0 Å². The van der Waals surface area contributed by atoms with Gasteiger partial charge in [0.15, 0.2) is 0 Å². The van der Waals surface area contributed by atoms with Gasteiger partial charge in [-0.25, -0.2) is 0 Å². The van der Waals surface area contributed by atoms with Gasteiger partial charge in [0.1, 0.15) is 0 Å². The Balaban J connectivity index is 2.08. The van der Waals surface area contributed by atoms with Gasteiger partial charge in [-0.15, -0.1) is 0 Å². The molecule has 5 unspecified atom stereocenters. The van der Waals surface area contributed by atoms with E-state index in [0.29, 0.717) is 17.8 Å². The van der Waals surface area contributed by atoms with E-state index >= 15 is 0 Å². The van der Waals surface area contributed by atoms with Crippen LogP contribution in [0.1, 0.15) is 12.8 Å². The van der Waals surface area contributed by atoms with E-state index in [1.54, 1.807) is 0 Å². The molecule has 0 amide bonds. The third kappa shape index (κ3) is 1.30. The van der Waals surface area contributed by atoms with Crippen molar-refractivity contribution in [3.05, 3.63) is 0 Å². The number of rotatable bonds is 3. The summed E-state index contributed by atoms with van der Waals surface area (Å²) in [6, 6.07) is 0. The molecule has 2 aliphatic carbocycles. The summed E-state index contributed by atoms with van der Waals surface area (Å²) in [6.45, 7) is 0.614. The molecule has 0 aromatic carbocycles. The maximum atomic E-state index is 9.21. The summed E-state index contributed by atoms with van der Waals surface area (Å²) in [5.74, 6) is 1.91. The van der Waals surface area contributed by atoms with E-state index in [9.17, 15) is 10.2 Å². The largest absolute Gasteiger partial charge is 0.396 e. The molecule has 2 rings (SSSR count). The Morgan fingerprint density at radius 3 is 2.08 bits per heavy atom. The lowest BCUT2D eigenvalue weighted by Gasteiger charge is -2.32. The fourth-order valence-electron chi connectivity index (χ4n) is 3.51. The van der Waals surface area contributed by atoms with E-state index < -0.39 is 0 Å². The predicted molar refractivity (Wildman–Crippen MR) is 47.9 cm³/mol. The summed E-state index contributed by atoms with van der Waals surface area (Å²) in [5.41, 5.74) is 0. The zero-order valence-corrected chi connectivity index (χ0v) is 7.76. The Hall–Kier alpha value is -0.120. The number of hydrogen-bond acceptors (Lipinski definition) is 3. The summed E-state index contributed by atoms with van der Waals surface area (Å²) in [5, 5.41) is 27.5. The fraction of sp³-hybridized carbons (Fsp3) is 1.00. The first kappa shape index (κ1) is 9.44. The average molecular weight is 186 g/mol. The zero-order chi connectivity index (χ0) is 9.42. The van der Waals surface area contributed by atoms with Crippen molar-refractivity contribution >= 4 is 0 Å². The molecule has 0 spiro atoms. The first-order chi connectivity index (χ1) is 6.31. The molecule has 5 atom stereocenters. The molecule has 3 N–H and O–H groups in total. The highest BCUT2D eigenvalue weighted by Crippen LogP contribution is 2.54. The second kappa shape index (κ2) is 3.56. The monoisotopic (exact) mass is 186 g/mol. The number of aliphatic hydroxyl groups excluding tert-OH is 3. The number of hydrogen-bond donors (Lipinski definition) is 3. The van der Waals surface area contributed by atoms with Crippen LogP contribution in [0.3, 0.4) is 0 Å². The Bertz CT molecular complexity index is 183. The summed E-state index contributed by atoms with van der Waals surface area (Å²) in [6.07, 6.45) is 2.14. The third-order valence-corrected chi connectivity index (χ3v) is 4.15. The minimum atomic E-state index is 0.170. The molecule has 2 saturated carbocycles.